The quantitative estimate of drug-likeness (QED) is 0.720. The molecule has 9 heteroatoms. The highest BCUT2D eigenvalue weighted by Crippen LogP contribution is 2.31. The third kappa shape index (κ3) is 5.10. The molecule has 0 fully saturated rings. The zero-order valence-electron chi connectivity index (χ0n) is 11.3. The van der Waals surface area contributed by atoms with Crippen LogP contribution in [0.15, 0.2) is 21.5 Å². The largest absolute Gasteiger partial charge is 0.383 e. The topological polar surface area (TPSA) is 72.5 Å². The fourth-order valence-electron chi connectivity index (χ4n) is 1.62. The van der Waals surface area contributed by atoms with Gasteiger partial charge in [-0.15, -0.1) is 0 Å². The zero-order valence-corrected chi connectivity index (χ0v) is 15.2. The maximum Gasteiger partial charge on any atom is 0.262 e. The lowest BCUT2D eigenvalue weighted by Gasteiger charge is -2.17. The molecule has 0 heterocycles. The van der Waals surface area contributed by atoms with Crippen LogP contribution in [0.5, 0.6) is 0 Å². The summed E-state index contributed by atoms with van der Waals surface area (Å²) in [6.07, 6.45) is 0.661. The van der Waals surface area contributed by atoms with Crippen molar-refractivity contribution in [3.63, 3.8) is 0 Å². The predicted molar refractivity (Wildman–Crippen MR) is 85.6 cm³/mol. The van der Waals surface area contributed by atoms with Gasteiger partial charge in [0, 0.05) is 22.3 Å². The van der Waals surface area contributed by atoms with Crippen molar-refractivity contribution in [1.82, 2.24) is 5.32 Å². The molecule has 0 saturated heterocycles. The number of nitrogens with one attached hydrogen (secondary N) is 1. The summed E-state index contributed by atoms with van der Waals surface area (Å²) in [5, 5.41) is 2.84. The van der Waals surface area contributed by atoms with E-state index in [9.17, 15) is 13.2 Å². The number of rotatable bonds is 6. The van der Waals surface area contributed by atoms with E-state index in [1.165, 1.54) is 13.2 Å². The number of hydrogen-bond donors (Lipinski definition) is 1. The van der Waals surface area contributed by atoms with Gasteiger partial charge in [0.05, 0.1) is 28.1 Å². The molecule has 0 bridgehead atoms. The fourth-order valence-corrected chi connectivity index (χ4v) is 4.19. The minimum atomic E-state index is -3.99. The summed E-state index contributed by atoms with van der Waals surface area (Å²) in [7, 11) is 2.86. The van der Waals surface area contributed by atoms with E-state index in [0.29, 0.717) is 13.0 Å². The van der Waals surface area contributed by atoms with E-state index in [-0.39, 0.29) is 26.0 Å². The Hall–Kier alpha value is -0.340. The maximum atomic E-state index is 12.2. The molecule has 0 aliphatic carbocycles. The monoisotopic (exact) mass is 417 g/mol. The summed E-state index contributed by atoms with van der Waals surface area (Å²) in [6, 6.07) is 2.27. The normalized spacial score (nSPS) is 13.0. The lowest BCUT2D eigenvalue weighted by molar-refractivity contribution is 0.0894. The summed E-state index contributed by atoms with van der Waals surface area (Å²) in [6.45, 7) is 2.23. The van der Waals surface area contributed by atoms with E-state index in [2.05, 4.69) is 21.2 Å². The van der Waals surface area contributed by atoms with E-state index in [1.54, 1.807) is 0 Å². The zero-order chi connectivity index (χ0) is 16.2. The minimum absolute atomic E-state index is 0.0358. The molecule has 0 spiro atoms. The third-order valence-electron chi connectivity index (χ3n) is 2.72. The average molecular weight is 419 g/mol. The summed E-state index contributed by atoms with van der Waals surface area (Å²) >= 11 is 9.05. The highest BCUT2D eigenvalue weighted by molar-refractivity contribution is 9.10. The average Bonchev–Trinajstić information content (AvgIpc) is 2.36. The molecule has 0 radical (unpaired) electrons. The summed E-state index contributed by atoms with van der Waals surface area (Å²) in [5.74, 6) is -0.488. The van der Waals surface area contributed by atoms with E-state index in [1.807, 2.05) is 6.92 Å². The van der Waals surface area contributed by atoms with Gasteiger partial charge < -0.3 is 10.1 Å². The first-order valence-corrected chi connectivity index (χ1v) is 9.42. The van der Waals surface area contributed by atoms with Crippen molar-refractivity contribution in [2.45, 2.75) is 24.3 Å². The van der Waals surface area contributed by atoms with Crippen LogP contribution in [0, 0.1) is 0 Å². The number of hydrogen-bond acceptors (Lipinski definition) is 4. The lowest BCUT2D eigenvalue weighted by atomic mass is 10.1. The number of carbonyl (C=O) groups excluding carboxylic acids is 1. The van der Waals surface area contributed by atoms with Crippen molar-refractivity contribution >= 4 is 53.2 Å². The maximum absolute atomic E-state index is 12.2. The van der Waals surface area contributed by atoms with Crippen molar-refractivity contribution in [1.29, 1.82) is 0 Å². The second-order valence-electron chi connectivity index (χ2n) is 4.23. The predicted octanol–water partition coefficient (Wildman–Crippen LogP) is 3.18. The first-order chi connectivity index (χ1) is 9.70. The molecular formula is C12H14BrCl2NO4S. The molecule has 1 aromatic carbocycles. The van der Waals surface area contributed by atoms with Crippen LogP contribution in [0.4, 0.5) is 0 Å². The Labute approximate surface area is 141 Å². The third-order valence-corrected chi connectivity index (χ3v) is 5.32. The second-order valence-corrected chi connectivity index (χ2v) is 8.03. The van der Waals surface area contributed by atoms with Crippen LogP contribution in [-0.2, 0) is 13.8 Å². The molecule has 1 unspecified atom stereocenters. The Morgan fingerprint density at radius 3 is 2.57 bits per heavy atom. The molecule has 21 heavy (non-hydrogen) atoms. The number of benzene rings is 1. The van der Waals surface area contributed by atoms with Gasteiger partial charge in [-0.2, -0.15) is 0 Å². The number of ether oxygens (including phenoxy) is 1. The van der Waals surface area contributed by atoms with Crippen LogP contribution < -0.4 is 5.32 Å². The van der Waals surface area contributed by atoms with Gasteiger partial charge in [0.1, 0.15) is 0 Å². The van der Waals surface area contributed by atoms with Crippen molar-refractivity contribution in [3.8, 4) is 0 Å². The molecule has 0 aliphatic heterocycles. The first kappa shape index (κ1) is 18.7. The van der Waals surface area contributed by atoms with Crippen LogP contribution in [0.25, 0.3) is 0 Å². The van der Waals surface area contributed by atoms with Crippen molar-refractivity contribution in [2.24, 2.45) is 0 Å². The van der Waals surface area contributed by atoms with Gasteiger partial charge in [-0.05, 0) is 34.5 Å². The van der Waals surface area contributed by atoms with Crippen molar-refractivity contribution in [3.05, 3.63) is 27.2 Å². The first-order valence-electron chi connectivity index (χ1n) is 5.94. The van der Waals surface area contributed by atoms with Crippen molar-refractivity contribution < 1.29 is 17.9 Å². The molecule has 1 amide bonds. The van der Waals surface area contributed by atoms with E-state index in [4.69, 9.17) is 27.0 Å². The highest BCUT2D eigenvalue weighted by Gasteiger charge is 2.21. The van der Waals surface area contributed by atoms with Gasteiger partial charge in [0.2, 0.25) is 0 Å². The Bertz CT molecular complexity index is 636. The van der Waals surface area contributed by atoms with Gasteiger partial charge in [0.15, 0.2) is 0 Å². The Morgan fingerprint density at radius 2 is 2.10 bits per heavy atom. The molecule has 1 aromatic rings. The number of amides is 1. The molecule has 1 atom stereocenters. The number of methoxy groups -OCH3 is 1. The molecule has 0 saturated carbocycles. The highest BCUT2D eigenvalue weighted by atomic mass is 79.9. The molecule has 0 aromatic heterocycles. The van der Waals surface area contributed by atoms with Crippen LogP contribution in [0.3, 0.4) is 0 Å². The van der Waals surface area contributed by atoms with Gasteiger partial charge in [-0.1, -0.05) is 18.5 Å². The van der Waals surface area contributed by atoms with Crippen molar-refractivity contribution in [2.75, 3.05) is 13.7 Å². The number of halogens is 3. The molecular weight excluding hydrogens is 405 g/mol. The summed E-state index contributed by atoms with van der Waals surface area (Å²) < 4.78 is 28.1. The van der Waals surface area contributed by atoms with Gasteiger partial charge in [0.25, 0.3) is 15.0 Å². The molecule has 1 N–H and O–H groups in total. The van der Waals surface area contributed by atoms with E-state index >= 15 is 0 Å². The Balaban J connectivity index is 3.15. The van der Waals surface area contributed by atoms with Gasteiger partial charge >= 0.3 is 0 Å². The van der Waals surface area contributed by atoms with Crippen LogP contribution in [0.1, 0.15) is 23.7 Å². The minimum Gasteiger partial charge on any atom is -0.383 e. The molecule has 1 rings (SSSR count). The van der Waals surface area contributed by atoms with Gasteiger partial charge in [-0.25, -0.2) is 8.42 Å². The van der Waals surface area contributed by atoms with Gasteiger partial charge in [-0.3, -0.25) is 4.79 Å². The fraction of sp³-hybridized carbons (Fsp3) is 0.417. The Kier molecular flexibility index (Phi) is 6.93. The Morgan fingerprint density at radius 1 is 1.48 bits per heavy atom. The molecule has 0 aliphatic rings. The summed E-state index contributed by atoms with van der Waals surface area (Å²) in [5.41, 5.74) is 0.0358. The van der Waals surface area contributed by atoms with Crippen LogP contribution >= 0.6 is 38.2 Å². The molecule has 118 valence electrons. The van der Waals surface area contributed by atoms with Crippen LogP contribution in [0.2, 0.25) is 5.02 Å². The number of carbonyl (C=O) groups is 1. The SMILES string of the molecule is CCC(COC)NC(=O)c1cc(S(=O)(=O)Cl)c(Br)cc1Cl. The second kappa shape index (κ2) is 7.78. The smallest absolute Gasteiger partial charge is 0.262 e. The van der Waals surface area contributed by atoms with E-state index < -0.39 is 15.0 Å². The van der Waals surface area contributed by atoms with Crippen LogP contribution in [-0.4, -0.2) is 34.1 Å². The lowest BCUT2D eigenvalue weighted by Crippen LogP contribution is -2.37. The summed E-state index contributed by atoms with van der Waals surface area (Å²) in [4.78, 5) is 12.0. The standard InChI is InChI=1S/C12H14BrCl2NO4S/c1-3-7(6-20-2)16-12(17)8-4-11(21(15,18)19)9(13)5-10(8)14/h4-5,7H,3,6H2,1-2H3,(H,16,17). The molecule has 5 nitrogen and oxygen atoms in total. The van der Waals surface area contributed by atoms with E-state index in [0.717, 1.165) is 6.07 Å².